The van der Waals surface area contributed by atoms with Crippen LogP contribution in [0.25, 0.3) is 0 Å². The van der Waals surface area contributed by atoms with Crippen LogP contribution in [0, 0.1) is 5.92 Å². The molecule has 1 N–H and O–H groups in total. The van der Waals surface area contributed by atoms with Gasteiger partial charge < -0.3 is 5.32 Å². The van der Waals surface area contributed by atoms with Gasteiger partial charge in [0.15, 0.2) is 0 Å². The van der Waals surface area contributed by atoms with Crippen LogP contribution < -0.4 is 5.32 Å². The molecule has 1 atom stereocenters. The average molecular weight is 238 g/mol. The van der Waals surface area contributed by atoms with E-state index < -0.39 is 0 Å². The van der Waals surface area contributed by atoms with Gasteiger partial charge in [-0.05, 0) is 17.5 Å². The molecule has 0 aromatic heterocycles. The van der Waals surface area contributed by atoms with Crippen LogP contribution in [0.4, 0.5) is 5.69 Å². The van der Waals surface area contributed by atoms with E-state index in [2.05, 4.69) is 19.2 Å². The first-order valence-corrected chi connectivity index (χ1v) is 6.16. The van der Waals surface area contributed by atoms with Crippen molar-refractivity contribution < 1.29 is 4.79 Å². The second-order valence-electron chi connectivity index (χ2n) is 4.25. The summed E-state index contributed by atoms with van der Waals surface area (Å²) in [6.45, 7) is 4.26. The minimum atomic E-state index is -0.0244. The second-order valence-corrected chi connectivity index (χ2v) is 4.65. The van der Waals surface area contributed by atoms with Crippen LogP contribution in [-0.4, -0.2) is 5.91 Å². The number of anilines is 1. The predicted molar refractivity (Wildman–Crippen MR) is 66.9 cm³/mol. The molecule has 1 unspecified atom stereocenters. The van der Waals surface area contributed by atoms with Crippen LogP contribution in [0.5, 0.6) is 0 Å². The third-order valence-corrected chi connectivity index (χ3v) is 3.75. The van der Waals surface area contributed by atoms with Gasteiger partial charge in [0.05, 0.1) is 16.6 Å². The molecule has 1 aliphatic heterocycles. The molecule has 0 bridgehead atoms. The summed E-state index contributed by atoms with van der Waals surface area (Å²) in [5.74, 6) is 0.472. The standard InChI is InChI=1S/C13H16ClNO/c1-3-8(4-2)11-9-6-5-7-10(14)12(9)15-13(11)16/h5-8,11H,3-4H2,1-2H3,(H,15,16). The highest BCUT2D eigenvalue weighted by atomic mass is 35.5. The van der Waals surface area contributed by atoms with E-state index in [4.69, 9.17) is 11.6 Å². The summed E-state index contributed by atoms with van der Waals surface area (Å²) in [6, 6.07) is 5.73. The van der Waals surface area contributed by atoms with Crippen LogP contribution in [0.15, 0.2) is 18.2 Å². The fourth-order valence-electron chi connectivity index (χ4n) is 2.50. The highest BCUT2D eigenvalue weighted by Gasteiger charge is 2.35. The fraction of sp³-hybridized carbons (Fsp3) is 0.462. The lowest BCUT2D eigenvalue weighted by Crippen LogP contribution is -2.19. The zero-order valence-corrected chi connectivity index (χ0v) is 10.3. The van der Waals surface area contributed by atoms with Crippen LogP contribution in [0.3, 0.4) is 0 Å². The third kappa shape index (κ3) is 1.71. The van der Waals surface area contributed by atoms with Crippen molar-refractivity contribution in [2.75, 3.05) is 5.32 Å². The lowest BCUT2D eigenvalue weighted by molar-refractivity contribution is -0.118. The lowest BCUT2D eigenvalue weighted by atomic mass is 9.83. The molecular weight excluding hydrogens is 222 g/mol. The fourth-order valence-corrected chi connectivity index (χ4v) is 2.73. The molecule has 2 rings (SSSR count). The van der Waals surface area contributed by atoms with Crippen molar-refractivity contribution in [1.29, 1.82) is 0 Å². The first-order chi connectivity index (χ1) is 7.69. The van der Waals surface area contributed by atoms with E-state index in [-0.39, 0.29) is 11.8 Å². The largest absolute Gasteiger partial charge is 0.324 e. The van der Waals surface area contributed by atoms with Crippen LogP contribution in [0.2, 0.25) is 5.02 Å². The molecule has 16 heavy (non-hydrogen) atoms. The van der Waals surface area contributed by atoms with Crippen molar-refractivity contribution in [1.82, 2.24) is 0 Å². The van der Waals surface area contributed by atoms with Gasteiger partial charge in [0, 0.05) is 0 Å². The Bertz CT molecular complexity index is 412. The third-order valence-electron chi connectivity index (χ3n) is 3.43. The summed E-state index contributed by atoms with van der Waals surface area (Å²) in [4.78, 5) is 12.0. The maximum absolute atomic E-state index is 12.0. The number of amides is 1. The molecule has 0 spiro atoms. The molecule has 0 radical (unpaired) electrons. The number of rotatable bonds is 3. The Labute approximate surface area is 101 Å². The summed E-state index contributed by atoms with van der Waals surface area (Å²) in [7, 11) is 0. The van der Waals surface area contributed by atoms with Crippen molar-refractivity contribution in [2.24, 2.45) is 5.92 Å². The molecule has 0 saturated heterocycles. The van der Waals surface area contributed by atoms with Crippen molar-refractivity contribution in [3.63, 3.8) is 0 Å². The number of hydrogen-bond acceptors (Lipinski definition) is 1. The molecule has 0 aliphatic carbocycles. The normalized spacial score (nSPS) is 18.8. The first-order valence-electron chi connectivity index (χ1n) is 5.78. The number of fused-ring (bicyclic) bond motifs is 1. The topological polar surface area (TPSA) is 29.1 Å². The van der Waals surface area contributed by atoms with Crippen LogP contribution >= 0.6 is 11.6 Å². The summed E-state index contributed by atoms with van der Waals surface area (Å²) < 4.78 is 0. The number of carbonyl (C=O) groups is 1. The summed E-state index contributed by atoms with van der Waals surface area (Å²) in [5.41, 5.74) is 1.87. The minimum Gasteiger partial charge on any atom is -0.324 e. The van der Waals surface area contributed by atoms with E-state index >= 15 is 0 Å². The molecular formula is C13H16ClNO. The van der Waals surface area contributed by atoms with Gasteiger partial charge in [-0.15, -0.1) is 0 Å². The van der Waals surface area contributed by atoms with Gasteiger partial charge in [-0.3, -0.25) is 4.79 Å². The van der Waals surface area contributed by atoms with E-state index in [1.807, 2.05) is 18.2 Å². The van der Waals surface area contributed by atoms with E-state index in [0.717, 1.165) is 24.1 Å². The zero-order valence-electron chi connectivity index (χ0n) is 9.59. The molecule has 2 nitrogen and oxygen atoms in total. The Morgan fingerprint density at radius 1 is 1.38 bits per heavy atom. The summed E-state index contributed by atoms with van der Waals surface area (Å²) in [5, 5.41) is 3.53. The Morgan fingerprint density at radius 3 is 2.69 bits per heavy atom. The molecule has 1 aliphatic rings. The molecule has 1 aromatic rings. The van der Waals surface area contributed by atoms with Gasteiger partial charge in [0.1, 0.15) is 0 Å². The quantitative estimate of drug-likeness (QED) is 0.851. The van der Waals surface area contributed by atoms with Crippen molar-refractivity contribution in [3.8, 4) is 0 Å². The van der Waals surface area contributed by atoms with Gasteiger partial charge in [-0.1, -0.05) is 50.4 Å². The molecule has 1 heterocycles. The van der Waals surface area contributed by atoms with Crippen molar-refractivity contribution >= 4 is 23.2 Å². The molecule has 0 fully saturated rings. The maximum Gasteiger partial charge on any atom is 0.232 e. The number of hydrogen-bond donors (Lipinski definition) is 1. The van der Waals surface area contributed by atoms with E-state index in [9.17, 15) is 4.79 Å². The van der Waals surface area contributed by atoms with Gasteiger partial charge in [0.25, 0.3) is 0 Å². The van der Waals surface area contributed by atoms with E-state index in [1.54, 1.807) is 0 Å². The Morgan fingerprint density at radius 2 is 2.06 bits per heavy atom. The van der Waals surface area contributed by atoms with Gasteiger partial charge in [-0.2, -0.15) is 0 Å². The smallest absolute Gasteiger partial charge is 0.232 e. The summed E-state index contributed by atoms with van der Waals surface area (Å²) >= 11 is 6.08. The molecule has 0 saturated carbocycles. The Hall–Kier alpha value is -1.02. The molecule has 1 amide bonds. The first kappa shape index (κ1) is 11.5. The predicted octanol–water partition coefficient (Wildman–Crippen LogP) is 3.81. The Kier molecular flexibility index (Phi) is 3.20. The highest BCUT2D eigenvalue weighted by molar-refractivity contribution is 6.34. The van der Waals surface area contributed by atoms with Crippen LogP contribution in [0.1, 0.15) is 38.2 Å². The Balaban J connectivity index is 2.43. The summed E-state index contributed by atoms with van der Waals surface area (Å²) in [6.07, 6.45) is 2.03. The number of nitrogens with one attached hydrogen (secondary N) is 1. The SMILES string of the molecule is CCC(CC)C1C(=O)Nc2c(Cl)cccc21. The maximum atomic E-state index is 12.0. The van der Waals surface area contributed by atoms with Crippen molar-refractivity contribution in [3.05, 3.63) is 28.8 Å². The lowest BCUT2D eigenvalue weighted by Gasteiger charge is -2.18. The van der Waals surface area contributed by atoms with Crippen LogP contribution in [-0.2, 0) is 4.79 Å². The zero-order chi connectivity index (χ0) is 11.7. The number of carbonyl (C=O) groups excluding carboxylic acids is 1. The minimum absolute atomic E-state index is 0.0244. The molecule has 1 aromatic carbocycles. The molecule has 86 valence electrons. The number of halogens is 1. The van der Waals surface area contributed by atoms with E-state index in [0.29, 0.717) is 10.9 Å². The monoisotopic (exact) mass is 237 g/mol. The van der Waals surface area contributed by atoms with Crippen molar-refractivity contribution in [2.45, 2.75) is 32.6 Å². The van der Waals surface area contributed by atoms with E-state index in [1.165, 1.54) is 0 Å². The number of para-hydroxylation sites is 1. The average Bonchev–Trinajstić information content (AvgIpc) is 2.60. The van der Waals surface area contributed by atoms with Gasteiger partial charge >= 0.3 is 0 Å². The van der Waals surface area contributed by atoms with Gasteiger partial charge in [0.2, 0.25) is 5.91 Å². The number of benzene rings is 1. The second kappa shape index (κ2) is 4.46. The highest BCUT2D eigenvalue weighted by Crippen LogP contribution is 2.42. The molecule has 3 heteroatoms. The van der Waals surface area contributed by atoms with Gasteiger partial charge in [-0.25, -0.2) is 0 Å².